The van der Waals surface area contributed by atoms with Gasteiger partial charge in [0, 0.05) is 6.54 Å². The average Bonchev–Trinajstić information content (AvgIpc) is 2.29. The number of piperidine rings is 1. The maximum absolute atomic E-state index is 6.01. The third-order valence-corrected chi connectivity index (χ3v) is 3.56. The molecule has 2 nitrogen and oxygen atoms in total. The van der Waals surface area contributed by atoms with Crippen molar-refractivity contribution in [2.24, 2.45) is 0 Å². The molecule has 0 aliphatic carbocycles. The monoisotopic (exact) mass is 233 g/mol. The van der Waals surface area contributed by atoms with E-state index in [0.29, 0.717) is 6.10 Å². The molecule has 2 rings (SSSR count). The van der Waals surface area contributed by atoms with Gasteiger partial charge in [-0.25, -0.2) is 0 Å². The molecular weight excluding hydrogens is 210 g/mol. The number of rotatable bonds is 3. The Bertz CT molecular complexity index is 358. The molecule has 1 aliphatic rings. The van der Waals surface area contributed by atoms with Gasteiger partial charge in [-0.1, -0.05) is 17.7 Å². The van der Waals surface area contributed by atoms with Crippen molar-refractivity contribution in [3.63, 3.8) is 0 Å². The largest absolute Gasteiger partial charge is 0.372 e. The lowest BCUT2D eigenvalue weighted by Crippen LogP contribution is -2.35. The van der Waals surface area contributed by atoms with Crippen LogP contribution in [-0.2, 0) is 11.3 Å². The van der Waals surface area contributed by atoms with E-state index in [1.807, 2.05) is 0 Å². The summed E-state index contributed by atoms with van der Waals surface area (Å²) in [6, 6.07) is 4.48. The summed E-state index contributed by atoms with van der Waals surface area (Å²) < 4.78 is 6.01. The van der Waals surface area contributed by atoms with E-state index in [2.05, 4.69) is 38.2 Å². The Kier molecular flexibility index (Phi) is 4.19. The maximum Gasteiger partial charge on any atom is 0.0726 e. The number of aryl methyl sites for hydroxylation is 3. The highest BCUT2D eigenvalue weighted by atomic mass is 16.5. The third-order valence-electron chi connectivity index (χ3n) is 3.56. The number of hydrogen-bond acceptors (Lipinski definition) is 2. The van der Waals surface area contributed by atoms with Gasteiger partial charge in [-0.15, -0.1) is 0 Å². The molecule has 0 saturated carbocycles. The predicted molar refractivity (Wildman–Crippen MR) is 71.3 cm³/mol. The minimum absolute atomic E-state index is 0.392. The van der Waals surface area contributed by atoms with Gasteiger partial charge >= 0.3 is 0 Å². The zero-order valence-corrected chi connectivity index (χ0v) is 11.2. The van der Waals surface area contributed by atoms with E-state index < -0.39 is 0 Å². The molecule has 1 N–H and O–H groups in total. The second kappa shape index (κ2) is 5.65. The Morgan fingerprint density at radius 2 is 1.94 bits per heavy atom. The van der Waals surface area contributed by atoms with Crippen LogP contribution in [0.5, 0.6) is 0 Å². The molecule has 1 saturated heterocycles. The highest BCUT2D eigenvalue weighted by Crippen LogP contribution is 2.19. The molecule has 1 aromatic rings. The molecular formula is C15H23NO. The van der Waals surface area contributed by atoms with E-state index in [9.17, 15) is 0 Å². The van der Waals surface area contributed by atoms with Crippen LogP contribution in [0.4, 0.5) is 0 Å². The van der Waals surface area contributed by atoms with Gasteiger partial charge in [-0.05, 0) is 56.8 Å². The highest BCUT2D eigenvalue weighted by molar-refractivity contribution is 5.36. The summed E-state index contributed by atoms with van der Waals surface area (Å²) in [5, 5.41) is 3.38. The Labute approximate surface area is 104 Å². The molecule has 94 valence electrons. The molecule has 0 aromatic heterocycles. The number of nitrogens with one attached hydrogen (secondary N) is 1. The zero-order chi connectivity index (χ0) is 12.3. The molecule has 2 heteroatoms. The van der Waals surface area contributed by atoms with Crippen LogP contribution < -0.4 is 5.32 Å². The van der Waals surface area contributed by atoms with E-state index in [4.69, 9.17) is 4.74 Å². The lowest BCUT2D eigenvalue weighted by atomic mass is 10.0. The molecule has 1 atom stereocenters. The van der Waals surface area contributed by atoms with E-state index in [1.165, 1.54) is 35.1 Å². The van der Waals surface area contributed by atoms with Gasteiger partial charge in [0.2, 0.25) is 0 Å². The van der Waals surface area contributed by atoms with Crippen LogP contribution in [0, 0.1) is 20.8 Å². The molecule has 0 radical (unpaired) electrons. The summed E-state index contributed by atoms with van der Waals surface area (Å²) in [7, 11) is 0. The summed E-state index contributed by atoms with van der Waals surface area (Å²) in [5.74, 6) is 0. The van der Waals surface area contributed by atoms with Crippen LogP contribution >= 0.6 is 0 Å². The SMILES string of the molecule is Cc1cc(C)c(COC2CCCNC2)c(C)c1. The maximum atomic E-state index is 6.01. The Morgan fingerprint density at radius 1 is 1.24 bits per heavy atom. The normalized spacial score (nSPS) is 20.5. The van der Waals surface area contributed by atoms with Crippen molar-refractivity contribution in [3.05, 3.63) is 34.4 Å². The summed E-state index contributed by atoms with van der Waals surface area (Å²) >= 11 is 0. The first-order chi connectivity index (χ1) is 8.16. The van der Waals surface area contributed by atoms with Crippen LogP contribution in [0.15, 0.2) is 12.1 Å². The lowest BCUT2D eigenvalue weighted by Gasteiger charge is -2.24. The van der Waals surface area contributed by atoms with Crippen molar-refractivity contribution in [2.45, 2.75) is 46.3 Å². The topological polar surface area (TPSA) is 21.3 Å². The molecule has 1 aliphatic heterocycles. The van der Waals surface area contributed by atoms with Gasteiger partial charge in [-0.2, -0.15) is 0 Å². The summed E-state index contributed by atoms with van der Waals surface area (Å²) in [6.45, 7) is 9.40. The van der Waals surface area contributed by atoms with Crippen LogP contribution in [0.25, 0.3) is 0 Å². The molecule has 17 heavy (non-hydrogen) atoms. The lowest BCUT2D eigenvalue weighted by molar-refractivity contribution is 0.0248. The quantitative estimate of drug-likeness (QED) is 0.866. The van der Waals surface area contributed by atoms with Crippen LogP contribution in [0.1, 0.15) is 35.1 Å². The number of hydrogen-bond donors (Lipinski definition) is 1. The summed E-state index contributed by atoms with van der Waals surface area (Å²) in [5.41, 5.74) is 5.40. The Balaban J connectivity index is 1.98. The van der Waals surface area contributed by atoms with Crippen molar-refractivity contribution in [3.8, 4) is 0 Å². The fraction of sp³-hybridized carbons (Fsp3) is 0.600. The molecule has 1 aromatic carbocycles. The van der Waals surface area contributed by atoms with E-state index in [1.54, 1.807) is 0 Å². The van der Waals surface area contributed by atoms with Gasteiger partial charge in [0.15, 0.2) is 0 Å². The fourth-order valence-electron chi connectivity index (χ4n) is 2.60. The minimum atomic E-state index is 0.392. The zero-order valence-electron chi connectivity index (χ0n) is 11.2. The van der Waals surface area contributed by atoms with Crippen molar-refractivity contribution in [1.29, 1.82) is 0 Å². The third kappa shape index (κ3) is 3.30. The second-order valence-electron chi connectivity index (χ2n) is 5.16. The van der Waals surface area contributed by atoms with Crippen molar-refractivity contribution in [1.82, 2.24) is 5.32 Å². The highest BCUT2D eigenvalue weighted by Gasteiger charge is 2.14. The molecule has 0 spiro atoms. The van der Waals surface area contributed by atoms with Crippen molar-refractivity contribution >= 4 is 0 Å². The van der Waals surface area contributed by atoms with E-state index in [-0.39, 0.29) is 0 Å². The fourth-order valence-corrected chi connectivity index (χ4v) is 2.60. The molecule has 1 fully saturated rings. The molecule has 0 bridgehead atoms. The molecule has 1 unspecified atom stereocenters. The van der Waals surface area contributed by atoms with Crippen LogP contribution in [0.3, 0.4) is 0 Å². The van der Waals surface area contributed by atoms with Crippen LogP contribution in [0.2, 0.25) is 0 Å². The van der Waals surface area contributed by atoms with E-state index in [0.717, 1.165) is 19.7 Å². The van der Waals surface area contributed by atoms with E-state index >= 15 is 0 Å². The average molecular weight is 233 g/mol. The Morgan fingerprint density at radius 3 is 2.53 bits per heavy atom. The minimum Gasteiger partial charge on any atom is -0.372 e. The smallest absolute Gasteiger partial charge is 0.0726 e. The van der Waals surface area contributed by atoms with Gasteiger partial charge in [0.1, 0.15) is 0 Å². The first-order valence-corrected chi connectivity index (χ1v) is 6.56. The second-order valence-corrected chi connectivity index (χ2v) is 5.16. The standard InChI is InChI=1S/C15H23NO/c1-11-7-12(2)15(13(3)8-11)10-17-14-5-4-6-16-9-14/h7-8,14,16H,4-6,9-10H2,1-3H3. The number of benzene rings is 1. The predicted octanol–water partition coefficient (Wildman–Crippen LogP) is 2.88. The van der Waals surface area contributed by atoms with Gasteiger partial charge in [0.25, 0.3) is 0 Å². The van der Waals surface area contributed by atoms with Crippen molar-refractivity contribution in [2.75, 3.05) is 13.1 Å². The van der Waals surface area contributed by atoms with Crippen LogP contribution in [-0.4, -0.2) is 19.2 Å². The first kappa shape index (κ1) is 12.6. The van der Waals surface area contributed by atoms with Gasteiger partial charge in [0.05, 0.1) is 12.7 Å². The Hall–Kier alpha value is -0.860. The summed E-state index contributed by atoms with van der Waals surface area (Å²) in [4.78, 5) is 0. The molecule has 0 amide bonds. The first-order valence-electron chi connectivity index (χ1n) is 6.56. The van der Waals surface area contributed by atoms with Crippen molar-refractivity contribution < 1.29 is 4.74 Å². The van der Waals surface area contributed by atoms with Gasteiger partial charge < -0.3 is 10.1 Å². The molecule has 1 heterocycles. The number of ether oxygens (including phenoxy) is 1. The summed E-state index contributed by atoms with van der Waals surface area (Å²) in [6.07, 6.45) is 2.82. The van der Waals surface area contributed by atoms with Gasteiger partial charge in [-0.3, -0.25) is 0 Å².